The number of rotatable bonds is 17. The topological polar surface area (TPSA) is 391 Å². The molecule has 6 aliphatic carbocycles. The Labute approximate surface area is 559 Å². The van der Waals surface area contributed by atoms with Gasteiger partial charge < -0.3 is 113 Å². The van der Waals surface area contributed by atoms with E-state index >= 15 is 14.4 Å². The number of aromatic hydroxyl groups is 4. The molecule has 9 N–H and O–H groups in total. The van der Waals surface area contributed by atoms with Crippen molar-refractivity contribution < 1.29 is 122 Å². The zero-order chi connectivity index (χ0) is 70.2. The second-order valence-corrected chi connectivity index (χ2v) is 27.4. The number of allylic oxidation sites excluding steroid dienone is 6. The third-order valence-corrected chi connectivity index (χ3v) is 21.8. The second kappa shape index (κ2) is 26.2. The summed E-state index contributed by atoms with van der Waals surface area (Å²) in [5.74, 6) is -13.6. The van der Waals surface area contributed by atoms with Gasteiger partial charge in [0.05, 0.1) is 101 Å². The maximum atomic E-state index is 17.9. The number of nitrogens with zero attached hydrogens (tertiary/aromatic N) is 3. The Hall–Kier alpha value is -6.55. The fourth-order valence-electron chi connectivity index (χ4n) is 17.6. The number of hydrogen-bond donors (Lipinski definition) is 9. The molecule has 0 spiro atoms. The van der Waals surface area contributed by atoms with Gasteiger partial charge in [-0.2, -0.15) is 0 Å². The van der Waals surface area contributed by atoms with Gasteiger partial charge >= 0.3 is 0 Å². The molecule has 12 rings (SSSR count). The van der Waals surface area contributed by atoms with Crippen LogP contribution in [0.4, 0.5) is 0 Å². The van der Waals surface area contributed by atoms with Gasteiger partial charge in [-0.15, -0.1) is 0 Å². The molecule has 4 saturated heterocycles. The van der Waals surface area contributed by atoms with Gasteiger partial charge in [0.25, 0.3) is 0 Å². The van der Waals surface area contributed by atoms with Gasteiger partial charge in [0, 0.05) is 80.4 Å². The van der Waals surface area contributed by atoms with E-state index in [9.17, 15) is 56.0 Å². The standard InChI is InChI=1S/C69H86N4O24/c1-14-68(96-41-23-37(87-11)58(80)27(5)92-41)53(63(85)44-30(66(68)94-39-21-35(78)56(72(7)8)25(3)90-39)20-29-43(44)60(82)46-32(75)17-16-31(74)45(46)59(29)81)54-64(86)50-49-51(62(84)48-34(77)19-18-33(76)47(48)61(49)83)55(71-70)52(50)67(95-40-22-36(79)57(73(9)10)26(4)91-40)69(54,15-2)97-42-24-38(88-12)65(89-13)28(6)93-42/h16-20,25-28,35-42,53-58,65-67,71,74-75,78-81,83-84H,14-15,21-24H2,1-13H3/t25-,26-,27+,28+,35-,36-,37+,38+,39+,40+,41+,42+,53-,54-,55?,56-,57-,58+,65+,66+,67+,68-,69-/m0/s1. The maximum Gasteiger partial charge on any atom is 0.199 e. The van der Waals surface area contributed by atoms with Crippen molar-refractivity contribution in [3.05, 3.63) is 97.1 Å². The minimum absolute atomic E-state index is 0.153. The van der Waals surface area contributed by atoms with Crippen LogP contribution in [0.3, 0.4) is 0 Å². The number of aliphatic hydroxyl groups is 4. The van der Waals surface area contributed by atoms with Crippen LogP contribution in [0.25, 0.3) is 16.9 Å². The molecule has 1 saturated carbocycles. The van der Waals surface area contributed by atoms with Crippen molar-refractivity contribution in [2.45, 2.75) is 208 Å². The van der Waals surface area contributed by atoms with Gasteiger partial charge in [-0.05, 0) is 105 Å². The monoisotopic (exact) mass is 1350 g/mol. The third kappa shape index (κ3) is 10.8. The number of ether oxygens (including phenoxy) is 11. The van der Waals surface area contributed by atoms with E-state index in [0.29, 0.717) is 0 Å². The number of carbonyl (C=O) groups is 5. The number of fused-ring (bicyclic) bond motifs is 6. The Bertz CT molecular complexity index is 3740. The number of carbonyl (C=O) groups excluding carboxylic acids is 5. The van der Waals surface area contributed by atoms with Crippen molar-refractivity contribution in [2.75, 3.05) is 49.5 Å². The average Bonchev–Trinajstić information content (AvgIpc) is 1.60. The van der Waals surface area contributed by atoms with Gasteiger partial charge in [0.1, 0.15) is 64.4 Å². The summed E-state index contributed by atoms with van der Waals surface area (Å²) in [4.78, 5) is 83.1. The number of nitrogens with one attached hydrogen (secondary N) is 1. The van der Waals surface area contributed by atoms with Crippen molar-refractivity contribution >= 4 is 40.2 Å². The molecule has 0 bridgehead atoms. The largest absolute Gasteiger partial charge is 0.508 e. The average molecular weight is 1360 g/mol. The van der Waals surface area contributed by atoms with E-state index in [-0.39, 0.29) is 42.4 Å². The number of benzene rings is 2. The van der Waals surface area contributed by atoms with E-state index in [0.717, 1.165) is 24.3 Å². The third-order valence-electron chi connectivity index (χ3n) is 21.8. The summed E-state index contributed by atoms with van der Waals surface area (Å²) in [5, 5.41) is 99.1. The van der Waals surface area contributed by atoms with E-state index < -0.39 is 260 Å². The summed E-state index contributed by atoms with van der Waals surface area (Å²) >= 11 is 0. The first-order valence-electron chi connectivity index (χ1n) is 32.9. The van der Waals surface area contributed by atoms with E-state index in [2.05, 4.69) is 5.11 Å². The molecule has 10 aliphatic rings. The van der Waals surface area contributed by atoms with Crippen LogP contribution in [0.1, 0.15) is 134 Å². The predicted octanol–water partition coefficient (Wildman–Crippen LogP) is 2.78. The quantitative estimate of drug-likeness (QED) is 0.0812. The highest BCUT2D eigenvalue weighted by atomic mass is 16.7. The van der Waals surface area contributed by atoms with Crippen molar-refractivity contribution in [1.29, 1.82) is 0 Å². The Balaban J connectivity index is 1.20. The van der Waals surface area contributed by atoms with E-state index in [1.54, 1.807) is 79.5 Å². The van der Waals surface area contributed by atoms with Crippen LogP contribution in [0.15, 0.2) is 58.2 Å². The lowest BCUT2D eigenvalue weighted by atomic mass is 9.54. The SMILES string of the molecule is CC[C@@]1(O[C@@H]2C[C@@H](OC)[C@H](O)[C@@H](C)O2)[C@H](O[C@@H]2C[C@H](O)[C@@H](N(C)C)[C@H](C)O2)C2=CC3=C(O)c4c(O)ccc(O)c4C(=O)C3=C2C(=O)[C@@H]1[C@H]1C(=O)C2=C(C([NH+]=[N-])c3c(O)c4c(c(O)c32)C(=O)C=CC4=O)[C@@H](O[C@@H]2C[C@H](O)[C@@H](N(C)C)[C@H](C)O2)[C@@]1(CC)O[C@@H]1C[C@@H](OC)[C@H](OC)[C@@H](C)O1. The Morgan fingerprint density at radius 1 is 0.577 bits per heavy atom. The Kier molecular flexibility index (Phi) is 19.0. The van der Waals surface area contributed by atoms with Crippen LogP contribution in [0, 0.1) is 11.8 Å². The minimum atomic E-state index is -2.51. The number of ketones is 5. The van der Waals surface area contributed by atoms with Gasteiger partial charge in [0.2, 0.25) is 0 Å². The highest BCUT2D eigenvalue weighted by Crippen LogP contribution is 2.65. The van der Waals surface area contributed by atoms with Crippen LogP contribution in [-0.2, 0) is 61.7 Å². The molecule has 0 aromatic heterocycles. The first-order chi connectivity index (χ1) is 46.0. The molecule has 23 atom stereocenters. The van der Waals surface area contributed by atoms with Crippen molar-refractivity contribution in [1.82, 2.24) is 9.80 Å². The number of phenolic OH excluding ortho intramolecular Hbond substituents is 4. The molecule has 0 amide bonds. The Morgan fingerprint density at radius 2 is 1.06 bits per heavy atom. The van der Waals surface area contributed by atoms with Crippen molar-refractivity contribution in [3.8, 4) is 23.0 Å². The number of phenols is 4. The lowest BCUT2D eigenvalue weighted by Crippen LogP contribution is -2.73. The van der Waals surface area contributed by atoms with Crippen molar-refractivity contribution in [3.63, 3.8) is 0 Å². The maximum absolute atomic E-state index is 17.9. The normalized spacial score (nSPS) is 38.8. The molecule has 2 aromatic carbocycles. The molecule has 97 heavy (non-hydrogen) atoms. The lowest BCUT2D eigenvalue weighted by molar-refractivity contribution is -0.523. The van der Waals surface area contributed by atoms with Crippen LogP contribution < -0.4 is 5.11 Å². The van der Waals surface area contributed by atoms with Crippen LogP contribution in [0.5, 0.6) is 23.0 Å². The smallest absolute Gasteiger partial charge is 0.199 e. The predicted molar refractivity (Wildman–Crippen MR) is 336 cm³/mol. The zero-order valence-corrected chi connectivity index (χ0v) is 56.2. The molecule has 4 aliphatic heterocycles. The molecule has 1 unspecified atom stereocenters. The van der Waals surface area contributed by atoms with Gasteiger partial charge in [-0.25, -0.2) is 0 Å². The van der Waals surface area contributed by atoms with E-state index in [1.807, 2.05) is 0 Å². The number of aliphatic hydroxyl groups excluding tert-OH is 4. The van der Waals surface area contributed by atoms with Gasteiger partial charge in [-0.1, -0.05) is 13.8 Å². The highest BCUT2D eigenvalue weighted by molar-refractivity contribution is 6.32. The molecule has 526 valence electrons. The van der Waals surface area contributed by atoms with E-state index in [1.165, 1.54) is 27.4 Å². The molecular formula is C69H86N4O24. The van der Waals surface area contributed by atoms with Gasteiger partial charge in [-0.3, -0.25) is 24.0 Å². The summed E-state index contributed by atoms with van der Waals surface area (Å²) in [5.41, 5.74) is 0.986. The second-order valence-electron chi connectivity index (χ2n) is 27.4. The van der Waals surface area contributed by atoms with Crippen molar-refractivity contribution in [2.24, 2.45) is 11.8 Å². The molecule has 28 nitrogen and oxygen atoms in total. The number of Topliss-reactive ketones (excluding diaryl/α,β-unsaturated/α-hetero) is 3. The first kappa shape index (κ1) is 70.3. The number of methoxy groups -OCH3 is 3. The fraction of sp³-hybridized carbons (Fsp3) is 0.609. The molecule has 0 radical (unpaired) electrons. The number of likely N-dealkylation sites (N-methyl/N-ethyl adjacent to an activating group) is 2. The first-order valence-corrected chi connectivity index (χ1v) is 32.9. The highest BCUT2D eigenvalue weighted by Gasteiger charge is 2.73. The summed E-state index contributed by atoms with van der Waals surface area (Å²) in [6.45, 7) is 9.89. The molecular weight excluding hydrogens is 1270 g/mol. The molecule has 5 fully saturated rings. The summed E-state index contributed by atoms with van der Waals surface area (Å²) in [7, 11) is 11.3. The van der Waals surface area contributed by atoms with Crippen LogP contribution >= 0.6 is 0 Å². The Morgan fingerprint density at radius 3 is 1.57 bits per heavy atom. The molecule has 2 aromatic rings. The fourth-order valence-corrected chi connectivity index (χ4v) is 17.6. The summed E-state index contributed by atoms with van der Waals surface area (Å²) < 4.78 is 74.5. The zero-order valence-electron chi connectivity index (χ0n) is 56.2. The summed E-state index contributed by atoms with van der Waals surface area (Å²) in [6, 6.07) is -0.997. The summed E-state index contributed by atoms with van der Waals surface area (Å²) in [6.07, 6.45) is -18.1. The van der Waals surface area contributed by atoms with E-state index in [4.69, 9.17) is 52.1 Å². The molecule has 28 heteroatoms. The van der Waals surface area contributed by atoms with Crippen LogP contribution in [0.2, 0.25) is 0 Å². The number of hydrogen-bond acceptors (Lipinski definition) is 26. The molecule has 4 heterocycles. The van der Waals surface area contributed by atoms with Crippen LogP contribution in [-0.4, -0.2) is 251 Å². The van der Waals surface area contributed by atoms with Gasteiger partial charge in [0.15, 0.2) is 60.1 Å². The minimum Gasteiger partial charge on any atom is -0.508 e. The lowest BCUT2D eigenvalue weighted by Gasteiger charge is -2.59.